The maximum Gasteiger partial charge on any atom is 0.517 e. The maximum absolute atomic E-state index is 13.2. The van der Waals surface area contributed by atoms with E-state index < -0.39 is 24.2 Å². The van der Waals surface area contributed by atoms with E-state index in [1.54, 1.807) is 0 Å². The molecule has 0 fully saturated rings. The van der Waals surface area contributed by atoms with Crippen molar-refractivity contribution in [3.8, 4) is 5.75 Å². The Morgan fingerprint density at radius 1 is 1.15 bits per heavy atom. The Balaban J connectivity index is 2.42. The molecule has 6 heteroatoms. The lowest BCUT2D eigenvalue weighted by Gasteiger charge is -2.14. The molecule has 0 amide bonds. The van der Waals surface area contributed by atoms with Gasteiger partial charge in [0.25, 0.3) is 0 Å². The van der Waals surface area contributed by atoms with Crippen molar-refractivity contribution in [1.29, 1.82) is 0 Å². The fourth-order valence-corrected chi connectivity index (χ4v) is 1.37. The van der Waals surface area contributed by atoms with Crippen molar-refractivity contribution in [2.45, 2.75) is 33.5 Å². The number of ether oxygens (including phenoxy) is 3. The van der Waals surface area contributed by atoms with Gasteiger partial charge in [-0.3, -0.25) is 4.79 Å². The molecule has 110 valence electrons. The minimum atomic E-state index is -1.14. The first-order chi connectivity index (χ1) is 9.38. The fraction of sp³-hybridized carbons (Fsp3) is 0.429. The highest BCUT2D eigenvalue weighted by atomic mass is 19.1. The van der Waals surface area contributed by atoms with Crippen molar-refractivity contribution >= 4 is 12.1 Å². The van der Waals surface area contributed by atoms with Gasteiger partial charge in [-0.15, -0.1) is 0 Å². The summed E-state index contributed by atoms with van der Waals surface area (Å²) < 4.78 is 27.4. The number of para-hydroxylation sites is 1. The molecular formula is C14H17FO5. The van der Waals surface area contributed by atoms with Gasteiger partial charge in [0, 0.05) is 13.3 Å². The molecule has 0 saturated carbocycles. The molecule has 1 aromatic rings. The number of carbonyl (C=O) groups is 2. The number of carbonyl (C=O) groups excluding carboxylic acids is 2. The van der Waals surface area contributed by atoms with Crippen LogP contribution >= 0.6 is 0 Å². The second-order valence-electron chi connectivity index (χ2n) is 4.56. The maximum atomic E-state index is 13.2. The lowest BCUT2D eigenvalue weighted by molar-refractivity contribution is -0.167. The van der Waals surface area contributed by atoms with Crippen LogP contribution in [0, 0.1) is 11.7 Å². The van der Waals surface area contributed by atoms with E-state index in [0.29, 0.717) is 0 Å². The highest BCUT2D eigenvalue weighted by Crippen LogP contribution is 2.16. The average Bonchev–Trinajstić information content (AvgIpc) is 2.30. The van der Waals surface area contributed by atoms with Gasteiger partial charge in [-0.2, -0.15) is 0 Å². The van der Waals surface area contributed by atoms with Crippen LogP contribution in [0.5, 0.6) is 5.75 Å². The van der Waals surface area contributed by atoms with E-state index in [1.807, 2.05) is 13.8 Å². The predicted octanol–water partition coefficient (Wildman–Crippen LogP) is 3.28. The van der Waals surface area contributed by atoms with Crippen molar-refractivity contribution in [3.63, 3.8) is 0 Å². The minimum Gasteiger partial charge on any atom is -0.425 e. The number of rotatable bonds is 5. The summed E-state index contributed by atoms with van der Waals surface area (Å²) in [5.41, 5.74) is 0. The van der Waals surface area contributed by atoms with Crippen molar-refractivity contribution < 1.29 is 28.2 Å². The van der Waals surface area contributed by atoms with Gasteiger partial charge in [0.1, 0.15) is 0 Å². The zero-order valence-electron chi connectivity index (χ0n) is 11.6. The van der Waals surface area contributed by atoms with Crippen LogP contribution in [0.1, 0.15) is 27.2 Å². The van der Waals surface area contributed by atoms with Gasteiger partial charge in [-0.05, 0) is 18.1 Å². The number of esters is 1. The number of halogens is 1. The molecule has 0 heterocycles. The lowest BCUT2D eigenvalue weighted by atomic mass is 10.1. The summed E-state index contributed by atoms with van der Waals surface area (Å²) in [7, 11) is 0. The molecule has 0 radical (unpaired) electrons. The van der Waals surface area contributed by atoms with E-state index >= 15 is 0 Å². The molecule has 1 unspecified atom stereocenters. The molecule has 0 saturated heterocycles. The van der Waals surface area contributed by atoms with Crippen LogP contribution in [0.3, 0.4) is 0 Å². The molecule has 0 aliphatic rings. The van der Waals surface area contributed by atoms with Gasteiger partial charge in [0.15, 0.2) is 11.6 Å². The summed E-state index contributed by atoms with van der Waals surface area (Å²) in [5.74, 6) is -1.28. The van der Waals surface area contributed by atoms with Crippen molar-refractivity contribution in [3.05, 3.63) is 30.1 Å². The predicted molar refractivity (Wildman–Crippen MR) is 68.5 cm³/mol. The van der Waals surface area contributed by atoms with E-state index in [2.05, 4.69) is 4.74 Å². The zero-order valence-corrected chi connectivity index (χ0v) is 11.6. The van der Waals surface area contributed by atoms with Crippen molar-refractivity contribution in [2.24, 2.45) is 5.92 Å². The van der Waals surface area contributed by atoms with E-state index in [9.17, 15) is 14.0 Å². The van der Waals surface area contributed by atoms with E-state index in [0.717, 1.165) is 6.07 Å². The molecular weight excluding hydrogens is 267 g/mol. The van der Waals surface area contributed by atoms with Gasteiger partial charge >= 0.3 is 12.1 Å². The molecule has 1 aromatic carbocycles. The Hall–Kier alpha value is -2.11. The Kier molecular flexibility index (Phi) is 5.96. The van der Waals surface area contributed by atoms with Gasteiger partial charge in [-0.25, -0.2) is 9.18 Å². The van der Waals surface area contributed by atoms with Gasteiger partial charge in [-0.1, -0.05) is 26.0 Å². The summed E-state index contributed by atoms with van der Waals surface area (Å²) in [4.78, 5) is 22.7. The standard InChI is InChI=1S/C14H17FO5/c1-9(2)8-13(16)18-10(3)19-14(17)20-12-7-5-4-6-11(12)15/h4-7,9-10H,8H2,1-3H3. The summed E-state index contributed by atoms with van der Waals surface area (Å²) in [5, 5.41) is 0. The summed E-state index contributed by atoms with van der Waals surface area (Å²) >= 11 is 0. The third kappa shape index (κ3) is 5.69. The third-order valence-corrected chi connectivity index (χ3v) is 2.16. The second-order valence-corrected chi connectivity index (χ2v) is 4.56. The minimum absolute atomic E-state index is 0.139. The SMILES string of the molecule is CC(C)CC(=O)OC(C)OC(=O)Oc1ccccc1F. The van der Waals surface area contributed by atoms with Crippen molar-refractivity contribution in [2.75, 3.05) is 0 Å². The smallest absolute Gasteiger partial charge is 0.425 e. The van der Waals surface area contributed by atoms with Gasteiger partial charge in [0.05, 0.1) is 0 Å². The van der Waals surface area contributed by atoms with Crippen LogP contribution in [-0.2, 0) is 14.3 Å². The molecule has 20 heavy (non-hydrogen) atoms. The summed E-state index contributed by atoms with van der Waals surface area (Å²) in [6.45, 7) is 5.10. The highest BCUT2D eigenvalue weighted by molar-refractivity contribution is 5.70. The van der Waals surface area contributed by atoms with Crippen LogP contribution in [-0.4, -0.2) is 18.4 Å². The van der Waals surface area contributed by atoms with Crippen LogP contribution in [0.4, 0.5) is 9.18 Å². The van der Waals surface area contributed by atoms with Crippen molar-refractivity contribution in [1.82, 2.24) is 0 Å². The average molecular weight is 284 g/mol. The molecule has 0 bridgehead atoms. The van der Waals surface area contributed by atoms with E-state index in [1.165, 1.54) is 25.1 Å². The number of hydrogen-bond acceptors (Lipinski definition) is 5. The Morgan fingerprint density at radius 2 is 1.80 bits per heavy atom. The van der Waals surface area contributed by atoms with E-state index in [-0.39, 0.29) is 18.1 Å². The lowest BCUT2D eigenvalue weighted by Crippen LogP contribution is -2.24. The van der Waals surface area contributed by atoms with Crippen LogP contribution in [0.15, 0.2) is 24.3 Å². The molecule has 1 atom stereocenters. The Bertz CT molecular complexity index is 472. The largest absolute Gasteiger partial charge is 0.517 e. The summed E-state index contributed by atoms with van der Waals surface area (Å²) in [6.07, 6.45) is -2.02. The molecule has 1 rings (SSSR count). The second kappa shape index (κ2) is 7.47. The molecule has 0 spiro atoms. The molecule has 0 aromatic heterocycles. The van der Waals surface area contributed by atoms with Crippen LogP contribution < -0.4 is 4.74 Å². The molecule has 0 N–H and O–H groups in total. The molecule has 0 aliphatic carbocycles. The fourth-order valence-electron chi connectivity index (χ4n) is 1.37. The van der Waals surface area contributed by atoms with Gasteiger partial charge in [0.2, 0.25) is 6.29 Å². The first-order valence-corrected chi connectivity index (χ1v) is 6.21. The first kappa shape index (κ1) is 15.9. The third-order valence-electron chi connectivity index (χ3n) is 2.16. The topological polar surface area (TPSA) is 61.8 Å². The van der Waals surface area contributed by atoms with Crippen LogP contribution in [0.2, 0.25) is 0 Å². The molecule has 5 nitrogen and oxygen atoms in total. The Morgan fingerprint density at radius 3 is 2.40 bits per heavy atom. The molecule has 0 aliphatic heterocycles. The Labute approximate surface area is 116 Å². The quantitative estimate of drug-likeness (QED) is 0.471. The zero-order chi connectivity index (χ0) is 15.1. The van der Waals surface area contributed by atoms with Gasteiger partial charge < -0.3 is 14.2 Å². The number of hydrogen-bond donors (Lipinski definition) is 0. The normalized spacial score (nSPS) is 11.8. The first-order valence-electron chi connectivity index (χ1n) is 6.21. The summed E-state index contributed by atoms with van der Waals surface area (Å²) in [6, 6.07) is 5.41. The highest BCUT2D eigenvalue weighted by Gasteiger charge is 2.17. The number of benzene rings is 1. The van der Waals surface area contributed by atoms with Crippen LogP contribution in [0.25, 0.3) is 0 Å². The van der Waals surface area contributed by atoms with E-state index in [4.69, 9.17) is 9.47 Å². The monoisotopic (exact) mass is 284 g/mol.